The average Bonchev–Trinajstić information content (AvgIpc) is 2.61. The number of halogens is 1. The van der Waals surface area contributed by atoms with Crippen molar-refractivity contribution in [1.29, 1.82) is 0 Å². The highest BCUT2D eigenvalue weighted by Gasteiger charge is 2.39. The van der Waals surface area contributed by atoms with Crippen molar-refractivity contribution < 1.29 is 9.59 Å². The summed E-state index contributed by atoms with van der Waals surface area (Å²) < 4.78 is 0.995. The van der Waals surface area contributed by atoms with Gasteiger partial charge < -0.3 is 0 Å². The minimum atomic E-state index is -0.143. The van der Waals surface area contributed by atoms with Crippen LogP contribution in [-0.4, -0.2) is 11.7 Å². The topological polar surface area (TPSA) is 37.4 Å². The number of ketones is 1. The van der Waals surface area contributed by atoms with Crippen LogP contribution in [0.2, 0.25) is 0 Å². The summed E-state index contributed by atoms with van der Waals surface area (Å²) in [5.41, 5.74) is 5.90. The van der Waals surface area contributed by atoms with E-state index in [1.165, 1.54) is 0 Å². The highest BCUT2D eigenvalue weighted by molar-refractivity contribution is 9.10. The molecule has 0 N–H and O–H groups in total. The van der Waals surface area contributed by atoms with Crippen LogP contribution in [-0.2, 0) is 9.59 Å². The summed E-state index contributed by atoms with van der Waals surface area (Å²) in [6.07, 6.45) is 2.48. The fourth-order valence-electron chi connectivity index (χ4n) is 4.35. The predicted molar refractivity (Wildman–Crippen MR) is 111 cm³/mol. The number of allylic oxidation sites excluding steroid dienone is 2. The molecule has 138 valence electrons. The van der Waals surface area contributed by atoms with Gasteiger partial charge in [0.25, 0.3) is 0 Å². The Labute approximate surface area is 168 Å². The van der Waals surface area contributed by atoms with Gasteiger partial charge in [0.05, 0.1) is 0 Å². The van der Waals surface area contributed by atoms with Crippen molar-refractivity contribution in [2.45, 2.75) is 45.4 Å². The maximum Gasteiger partial charge on any atom is 0.232 e. The van der Waals surface area contributed by atoms with Gasteiger partial charge in [-0.2, -0.15) is 0 Å². The monoisotopic (exact) mass is 423 g/mol. The van der Waals surface area contributed by atoms with Gasteiger partial charge in [0.15, 0.2) is 5.78 Å². The highest BCUT2D eigenvalue weighted by atomic mass is 79.9. The summed E-state index contributed by atoms with van der Waals surface area (Å²) in [5, 5.41) is 0. The van der Waals surface area contributed by atoms with E-state index < -0.39 is 0 Å². The number of aryl methyl sites for hydroxylation is 2. The van der Waals surface area contributed by atoms with Gasteiger partial charge in [-0.25, -0.2) is 0 Å². The third kappa shape index (κ3) is 3.39. The van der Waals surface area contributed by atoms with E-state index in [2.05, 4.69) is 22.0 Å². The number of nitrogens with zero attached hydrogens (tertiary/aromatic N) is 1. The molecule has 1 amide bonds. The number of anilines is 1. The number of carbonyl (C=O) groups excluding carboxylic acids is 2. The van der Waals surface area contributed by atoms with Crippen molar-refractivity contribution in [3.63, 3.8) is 0 Å². The lowest BCUT2D eigenvalue weighted by molar-refractivity contribution is -0.119. The second-order valence-electron chi connectivity index (χ2n) is 7.52. The Hall–Kier alpha value is -2.20. The summed E-state index contributed by atoms with van der Waals surface area (Å²) in [4.78, 5) is 27.9. The van der Waals surface area contributed by atoms with Crippen molar-refractivity contribution in [1.82, 2.24) is 0 Å². The number of carbonyl (C=O) groups is 2. The molecule has 2 aromatic rings. The van der Waals surface area contributed by atoms with Crippen LogP contribution in [0.3, 0.4) is 0 Å². The molecule has 1 aliphatic carbocycles. The van der Waals surface area contributed by atoms with E-state index in [9.17, 15) is 9.59 Å². The predicted octanol–water partition coefficient (Wildman–Crippen LogP) is 5.59. The minimum absolute atomic E-state index is 0.0707. The largest absolute Gasteiger partial charge is 0.294 e. The number of benzene rings is 2. The molecule has 0 bridgehead atoms. The first-order chi connectivity index (χ1) is 12.9. The minimum Gasteiger partial charge on any atom is -0.294 e. The first-order valence-electron chi connectivity index (χ1n) is 9.37. The molecule has 2 aliphatic rings. The average molecular weight is 424 g/mol. The summed E-state index contributed by atoms with van der Waals surface area (Å²) in [5.74, 6) is 0.114. The van der Waals surface area contributed by atoms with E-state index in [4.69, 9.17) is 0 Å². The first kappa shape index (κ1) is 18.2. The van der Waals surface area contributed by atoms with Crippen LogP contribution in [0.15, 0.2) is 58.2 Å². The van der Waals surface area contributed by atoms with Crippen LogP contribution in [0.4, 0.5) is 5.69 Å². The Morgan fingerprint density at radius 1 is 0.963 bits per heavy atom. The van der Waals surface area contributed by atoms with E-state index in [0.29, 0.717) is 12.8 Å². The van der Waals surface area contributed by atoms with E-state index >= 15 is 0 Å². The zero-order valence-electron chi connectivity index (χ0n) is 15.6. The Balaban J connectivity index is 1.86. The summed E-state index contributed by atoms with van der Waals surface area (Å²) in [7, 11) is 0. The number of Topliss-reactive ketones (excluding diaryl/α,β-unsaturated/α-hetero) is 1. The Kier molecular flexibility index (Phi) is 4.77. The first-order valence-corrected chi connectivity index (χ1v) is 10.2. The van der Waals surface area contributed by atoms with Gasteiger partial charge in [-0.05, 0) is 67.6 Å². The molecule has 0 saturated heterocycles. The van der Waals surface area contributed by atoms with Crippen molar-refractivity contribution in [2.24, 2.45) is 0 Å². The highest BCUT2D eigenvalue weighted by Crippen LogP contribution is 2.43. The van der Waals surface area contributed by atoms with E-state index in [-0.39, 0.29) is 17.6 Å². The normalized spacial score (nSPS) is 20.1. The molecule has 0 radical (unpaired) electrons. The third-order valence-electron chi connectivity index (χ3n) is 5.41. The van der Waals surface area contributed by atoms with Crippen molar-refractivity contribution >= 4 is 33.3 Å². The molecule has 1 unspecified atom stereocenters. The van der Waals surface area contributed by atoms with E-state index in [1.807, 2.05) is 55.1 Å². The van der Waals surface area contributed by atoms with Gasteiger partial charge in [-0.15, -0.1) is 0 Å². The summed E-state index contributed by atoms with van der Waals surface area (Å²) in [6.45, 7) is 4.08. The molecule has 2 aromatic carbocycles. The van der Waals surface area contributed by atoms with Gasteiger partial charge in [0.2, 0.25) is 5.91 Å². The van der Waals surface area contributed by atoms with Gasteiger partial charge in [-0.1, -0.05) is 34.1 Å². The fraction of sp³-hybridized carbons (Fsp3) is 0.304. The van der Waals surface area contributed by atoms with Crippen LogP contribution in [0.1, 0.15) is 48.3 Å². The molecule has 3 nitrogen and oxygen atoms in total. The van der Waals surface area contributed by atoms with Crippen LogP contribution in [0, 0.1) is 13.8 Å². The van der Waals surface area contributed by atoms with E-state index in [1.54, 1.807) is 0 Å². The molecule has 1 atom stereocenters. The lowest BCUT2D eigenvalue weighted by atomic mass is 9.77. The summed E-state index contributed by atoms with van der Waals surface area (Å²) >= 11 is 3.46. The standard InChI is InChI=1S/C23H22BrNO2/c1-14-10-15(2)12-18(11-14)25-20-4-3-5-21(26)23(20)19(13-22(25)27)16-6-8-17(24)9-7-16/h6-12,19H,3-5,13H2,1-2H3. The van der Waals surface area contributed by atoms with Crippen molar-refractivity contribution in [2.75, 3.05) is 4.90 Å². The maximum atomic E-state index is 13.2. The molecule has 1 aliphatic heterocycles. The molecular weight excluding hydrogens is 402 g/mol. The van der Waals surface area contributed by atoms with Gasteiger partial charge in [0, 0.05) is 40.2 Å². The second kappa shape index (κ2) is 7.08. The van der Waals surface area contributed by atoms with Crippen LogP contribution in [0.25, 0.3) is 0 Å². The van der Waals surface area contributed by atoms with Gasteiger partial charge in [-0.3, -0.25) is 14.5 Å². The zero-order chi connectivity index (χ0) is 19.1. The number of hydrogen-bond donors (Lipinski definition) is 0. The molecular formula is C23H22BrNO2. The molecule has 0 aromatic heterocycles. The Morgan fingerprint density at radius 2 is 1.63 bits per heavy atom. The molecule has 1 heterocycles. The smallest absolute Gasteiger partial charge is 0.232 e. The molecule has 0 spiro atoms. The van der Waals surface area contributed by atoms with Crippen LogP contribution >= 0.6 is 15.9 Å². The number of rotatable bonds is 2. The molecule has 4 heteroatoms. The second-order valence-corrected chi connectivity index (χ2v) is 8.44. The Morgan fingerprint density at radius 3 is 2.30 bits per heavy atom. The molecule has 4 rings (SSSR count). The zero-order valence-corrected chi connectivity index (χ0v) is 17.2. The maximum absolute atomic E-state index is 13.2. The fourth-order valence-corrected chi connectivity index (χ4v) is 4.62. The molecule has 27 heavy (non-hydrogen) atoms. The lowest BCUT2D eigenvalue weighted by Crippen LogP contribution is -2.40. The lowest BCUT2D eigenvalue weighted by Gasteiger charge is -2.38. The SMILES string of the molecule is Cc1cc(C)cc(N2C(=O)CC(c3ccc(Br)cc3)C3=C2CCCC3=O)c1. The van der Waals surface area contributed by atoms with Crippen molar-refractivity contribution in [3.8, 4) is 0 Å². The number of hydrogen-bond acceptors (Lipinski definition) is 2. The van der Waals surface area contributed by atoms with Crippen LogP contribution < -0.4 is 4.90 Å². The van der Waals surface area contributed by atoms with Gasteiger partial charge >= 0.3 is 0 Å². The Bertz CT molecular complexity index is 939. The third-order valence-corrected chi connectivity index (χ3v) is 5.94. The molecule has 0 fully saturated rings. The molecule has 0 saturated carbocycles. The quantitative estimate of drug-likeness (QED) is 0.630. The van der Waals surface area contributed by atoms with Crippen LogP contribution in [0.5, 0.6) is 0 Å². The van der Waals surface area contributed by atoms with Gasteiger partial charge in [0.1, 0.15) is 0 Å². The summed E-state index contributed by atoms with van der Waals surface area (Å²) in [6, 6.07) is 14.2. The van der Waals surface area contributed by atoms with Crippen molar-refractivity contribution in [3.05, 3.63) is 74.9 Å². The van der Waals surface area contributed by atoms with E-state index in [0.717, 1.165) is 51.0 Å². The number of amides is 1.